The maximum Gasteiger partial charge on any atom is 0.407 e. The maximum absolute atomic E-state index is 12.1. The third kappa shape index (κ3) is 3.17. The van der Waals surface area contributed by atoms with Crippen LogP contribution in [0.3, 0.4) is 0 Å². The van der Waals surface area contributed by atoms with E-state index in [4.69, 9.17) is 4.74 Å². The van der Waals surface area contributed by atoms with Crippen LogP contribution in [-0.2, 0) is 9.53 Å². The van der Waals surface area contributed by atoms with E-state index in [0.29, 0.717) is 5.69 Å². The number of benzene rings is 2. The SMILES string of the molecule is O=C1N[C@H](C(=O)Nc2ccccc2Nc2ccccc2)CO1. The van der Waals surface area contributed by atoms with Crippen LogP contribution in [0, 0.1) is 0 Å². The number of hydrogen-bond donors (Lipinski definition) is 3. The zero-order valence-corrected chi connectivity index (χ0v) is 11.7. The van der Waals surface area contributed by atoms with Crippen molar-refractivity contribution in [3.05, 3.63) is 54.6 Å². The number of carbonyl (C=O) groups is 2. The molecule has 0 aliphatic carbocycles. The number of hydrogen-bond acceptors (Lipinski definition) is 4. The van der Waals surface area contributed by atoms with Crippen molar-refractivity contribution in [2.45, 2.75) is 6.04 Å². The average molecular weight is 297 g/mol. The molecule has 3 N–H and O–H groups in total. The standard InChI is InChI=1S/C16H15N3O3/c20-15(14-10-22-16(21)19-14)18-13-9-5-4-8-12(13)17-11-6-2-1-3-7-11/h1-9,14,17H,10H2,(H,18,20)(H,19,21)/t14-/m0/s1. The van der Waals surface area contributed by atoms with Crippen molar-refractivity contribution in [3.8, 4) is 0 Å². The summed E-state index contributed by atoms with van der Waals surface area (Å²) >= 11 is 0. The molecule has 2 aromatic rings. The summed E-state index contributed by atoms with van der Waals surface area (Å²) in [6.45, 7) is 0.0406. The minimum Gasteiger partial charge on any atom is -0.447 e. The van der Waals surface area contributed by atoms with Crippen molar-refractivity contribution in [2.75, 3.05) is 17.2 Å². The van der Waals surface area contributed by atoms with Gasteiger partial charge in [0.1, 0.15) is 12.6 Å². The molecule has 1 aliphatic rings. The molecule has 1 aliphatic heterocycles. The van der Waals surface area contributed by atoms with Crippen LogP contribution >= 0.6 is 0 Å². The first kappa shape index (κ1) is 13.9. The van der Waals surface area contributed by atoms with E-state index in [1.165, 1.54) is 0 Å². The molecule has 1 heterocycles. The lowest BCUT2D eigenvalue weighted by atomic mass is 10.2. The first-order valence-electron chi connectivity index (χ1n) is 6.87. The Morgan fingerprint density at radius 1 is 1.05 bits per heavy atom. The van der Waals surface area contributed by atoms with Gasteiger partial charge in [0.25, 0.3) is 5.91 Å². The van der Waals surface area contributed by atoms with Crippen LogP contribution in [0.5, 0.6) is 0 Å². The van der Waals surface area contributed by atoms with Gasteiger partial charge < -0.3 is 20.7 Å². The quantitative estimate of drug-likeness (QED) is 0.810. The van der Waals surface area contributed by atoms with Crippen LogP contribution in [0.2, 0.25) is 0 Å². The highest BCUT2D eigenvalue weighted by Crippen LogP contribution is 2.25. The average Bonchev–Trinajstić information content (AvgIpc) is 2.97. The lowest BCUT2D eigenvalue weighted by Crippen LogP contribution is -2.38. The number of para-hydroxylation sites is 3. The molecule has 22 heavy (non-hydrogen) atoms. The first-order chi connectivity index (χ1) is 10.7. The first-order valence-corrected chi connectivity index (χ1v) is 6.87. The smallest absolute Gasteiger partial charge is 0.407 e. The zero-order chi connectivity index (χ0) is 15.4. The summed E-state index contributed by atoms with van der Waals surface area (Å²) in [7, 11) is 0. The number of cyclic esters (lactones) is 1. The number of ether oxygens (including phenoxy) is 1. The highest BCUT2D eigenvalue weighted by molar-refractivity contribution is 6.00. The Kier molecular flexibility index (Phi) is 3.91. The Balaban J connectivity index is 1.74. The van der Waals surface area contributed by atoms with Gasteiger partial charge in [-0.15, -0.1) is 0 Å². The van der Waals surface area contributed by atoms with Gasteiger partial charge in [-0.25, -0.2) is 4.79 Å². The van der Waals surface area contributed by atoms with Gasteiger partial charge in [0.05, 0.1) is 11.4 Å². The predicted molar refractivity (Wildman–Crippen MR) is 83.1 cm³/mol. The lowest BCUT2D eigenvalue weighted by Gasteiger charge is -2.14. The number of carbonyl (C=O) groups excluding carboxylic acids is 2. The minimum absolute atomic E-state index is 0.0406. The topological polar surface area (TPSA) is 79.5 Å². The second-order valence-corrected chi connectivity index (χ2v) is 4.82. The fraction of sp³-hybridized carbons (Fsp3) is 0.125. The summed E-state index contributed by atoms with van der Waals surface area (Å²) in [6, 6.07) is 16.3. The number of nitrogens with one attached hydrogen (secondary N) is 3. The molecule has 2 aromatic carbocycles. The molecular formula is C16H15N3O3. The van der Waals surface area contributed by atoms with Crippen molar-refractivity contribution >= 4 is 29.1 Å². The van der Waals surface area contributed by atoms with E-state index in [0.717, 1.165) is 11.4 Å². The van der Waals surface area contributed by atoms with Crippen molar-refractivity contribution in [2.24, 2.45) is 0 Å². The molecule has 1 fully saturated rings. The van der Waals surface area contributed by atoms with Crippen LogP contribution in [0.25, 0.3) is 0 Å². The molecule has 6 nitrogen and oxygen atoms in total. The van der Waals surface area contributed by atoms with E-state index >= 15 is 0 Å². The van der Waals surface area contributed by atoms with Gasteiger partial charge in [0.2, 0.25) is 0 Å². The molecule has 0 spiro atoms. The van der Waals surface area contributed by atoms with Crippen LogP contribution in [0.1, 0.15) is 0 Å². The van der Waals surface area contributed by atoms with E-state index in [1.807, 2.05) is 48.5 Å². The van der Waals surface area contributed by atoms with Crippen molar-refractivity contribution in [1.82, 2.24) is 5.32 Å². The third-order valence-electron chi connectivity index (χ3n) is 3.23. The summed E-state index contributed by atoms with van der Waals surface area (Å²) < 4.78 is 4.72. The minimum atomic E-state index is -0.669. The van der Waals surface area contributed by atoms with E-state index in [2.05, 4.69) is 16.0 Å². The van der Waals surface area contributed by atoms with Crippen molar-refractivity contribution in [3.63, 3.8) is 0 Å². The van der Waals surface area contributed by atoms with E-state index < -0.39 is 12.1 Å². The summed E-state index contributed by atoms with van der Waals surface area (Å²) in [5.74, 6) is -0.312. The summed E-state index contributed by atoms with van der Waals surface area (Å²) in [5.41, 5.74) is 2.33. The molecule has 0 bridgehead atoms. The largest absolute Gasteiger partial charge is 0.447 e. The molecule has 0 saturated carbocycles. The highest BCUT2D eigenvalue weighted by Gasteiger charge is 2.29. The molecule has 0 aromatic heterocycles. The van der Waals surface area contributed by atoms with Gasteiger partial charge in [-0.3, -0.25) is 4.79 Å². The summed E-state index contributed by atoms with van der Waals surface area (Å²) in [5, 5.41) is 8.49. The monoisotopic (exact) mass is 297 g/mol. The number of alkyl carbamates (subject to hydrolysis) is 1. The van der Waals surface area contributed by atoms with Crippen molar-refractivity contribution in [1.29, 1.82) is 0 Å². The molecule has 1 saturated heterocycles. The maximum atomic E-state index is 12.1. The normalized spacial score (nSPS) is 16.5. The Bertz CT molecular complexity index is 688. The molecule has 112 valence electrons. The Morgan fingerprint density at radius 2 is 1.73 bits per heavy atom. The Morgan fingerprint density at radius 3 is 2.41 bits per heavy atom. The third-order valence-corrected chi connectivity index (χ3v) is 3.23. The lowest BCUT2D eigenvalue weighted by molar-refractivity contribution is -0.117. The molecule has 1 atom stereocenters. The molecule has 0 radical (unpaired) electrons. The number of anilines is 3. The summed E-state index contributed by atoms with van der Waals surface area (Å²) in [4.78, 5) is 23.1. The second-order valence-electron chi connectivity index (χ2n) is 4.82. The Hall–Kier alpha value is -3.02. The summed E-state index contributed by atoms with van der Waals surface area (Å²) in [6.07, 6.45) is -0.573. The van der Waals surface area contributed by atoms with Crippen LogP contribution in [0.4, 0.5) is 21.9 Å². The fourth-order valence-corrected chi connectivity index (χ4v) is 2.12. The molecule has 6 heteroatoms. The van der Waals surface area contributed by atoms with Crippen LogP contribution in [0.15, 0.2) is 54.6 Å². The van der Waals surface area contributed by atoms with Crippen LogP contribution < -0.4 is 16.0 Å². The predicted octanol–water partition coefficient (Wildman–Crippen LogP) is 2.48. The number of rotatable bonds is 4. The van der Waals surface area contributed by atoms with E-state index in [-0.39, 0.29) is 12.5 Å². The molecule has 0 unspecified atom stereocenters. The van der Waals surface area contributed by atoms with Gasteiger partial charge in [0, 0.05) is 5.69 Å². The van der Waals surface area contributed by atoms with Gasteiger partial charge in [-0.1, -0.05) is 30.3 Å². The Labute approximate surface area is 127 Å². The highest BCUT2D eigenvalue weighted by atomic mass is 16.6. The van der Waals surface area contributed by atoms with Gasteiger partial charge in [-0.05, 0) is 24.3 Å². The fourth-order valence-electron chi connectivity index (χ4n) is 2.12. The second kappa shape index (κ2) is 6.17. The van der Waals surface area contributed by atoms with Gasteiger partial charge >= 0.3 is 6.09 Å². The van der Waals surface area contributed by atoms with Gasteiger partial charge in [-0.2, -0.15) is 0 Å². The van der Waals surface area contributed by atoms with Crippen molar-refractivity contribution < 1.29 is 14.3 Å². The molecular weight excluding hydrogens is 282 g/mol. The molecule has 2 amide bonds. The zero-order valence-electron chi connectivity index (χ0n) is 11.7. The van der Waals surface area contributed by atoms with Gasteiger partial charge in [0.15, 0.2) is 0 Å². The van der Waals surface area contributed by atoms with E-state index in [1.54, 1.807) is 6.07 Å². The number of amides is 2. The van der Waals surface area contributed by atoms with Crippen LogP contribution in [-0.4, -0.2) is 24.6 Å². The van der Waals surface area contributed by atoms with E-state index in [9.17, 15) is 9.59 Å². The molecule has 3 rings (SSSR count).